The molecule has 0 bridgehead atoms. The second-order valence-electron chi connectivity index (χ2n) is 4.82. The van der Waals surface area contributed by atoms with Crippen LogP contribution in [0.4, 0.5) is 0 Å². The van der Waals surface area contributed by atoms with Crippen molar-refractivity contribution in [3.8, 4) is 0 Å². The Morgan fingerprint density at radius 3 is 2.59 bits per heavy atom. The number of aromatic nitrogens is 2. The summed E-state index contributed by atoms with van der Waals surface area (Å²) in [4.78, 5) is 10.6. The van der Waals surface area contributed by atoms with Crippen LogP contribution >= 0.6 is 11.8 Å². The molecule has 1 aromatic rings. The first-order chi connectivity index (χ1) is 7.90. The first-order valence-electron chi connectivity index (χ1n) is 5.82. The molecule has 0 unspecified atom stereocenters. The molecule has 1 rings (SSSR count). The molecule has 0 fully saturated rings. The second kappa shape index (κ2) is 6.10. The summed E-state index contributed by atoms with van der Waals surface area (Å²) in [6, 6.07) is 2.00. The summed E-state index contributed by atoms with van der Waals surface area (Å²) in [5.74, 6) is 0.159. The fraction of sp³-hybridized carbons (Fsp3) is 0.667. The molecule has 1 aromatic heterocycles. The van der Waals surface area contributed by atoms with E-state index in [2.05, 4.69) is 32.8 Å². The highest BCUT2D eigenvalue weighted by molar-refractivity contribution is 7.99. The molecule has 1 N–H and O–H groups in total. The standard InChI is InChI=1S/C12H20N2O2S/c1-8(2)6-14-11(17-7-12(15)16)5-10(13-14)9(3)4/h5,8-9H,6-7H2,1-4H3,(H,15,16). The number of hydrogen-bond donors (Lipinski definition) is 1. The van der Waals surface area contributed by atoms with Crippen LogP contribution in [0, 0.1) is 5.92 Å². The molecule has 0 atom stereocenters. The van der Waals surface area contributed by atoms with Gasteiger partial charge in [-0.05, 0) is 17.9 Å². The van der Waals surface area contributed by atoms with Gasteiger partial charge in [0.05, 0.1) is 16.5 Å². The van der Waals surface area contributed by atoms with Crippen LogP contribution < -0.4 is 0 Å². The van der Waals surface area contributed by atoms with E-state index in [4.69, 9.17) is 5.11 Å². The molecule has 0 saturated carbocycles. The number of carboxylic acids is 1. The highest BCUT2D eigenvalue weighted by Crippen LogP contribution is 2.23. The number of aliphatic carboxylic acids is 1. The Morgan fingerprint density at radius 1 is 1.47 bits per heavy atom. The number of nitrogens with zero attached hydrogens (tertiary/aromatic N) is 2. The normalized spacial score (nSPS) is 11.4. The third kappa shape index (κ3) is 4.42. The lowest BCUT2D eigenvalue weighted by Gasteiger charge is -2.08. The highest BCUT2D eigenvalue weighted by Gasteiger charge is 2.13. The van der Waals surface area contributed by atoms with Crippen LogP contribution in [0.5, 0.6) is 0 Å². The first-order valence-corrected chi connectivity index (χ1v) is 6.81. The molecule has 0 saturated heterocycles. The third-order valence-corrected chi connectivity index (χ3v) is 3.25. The topological polar surface area (TPSA) is 55.1 Å². The largest absolute Gasteiger partial charge is 0.481 e. The van der Waals surface area contributed by atoms with Gasteiger partial charge in [-0.15, -0.1) is 0 Å². The minimum atomic E-state index is -0.793. The molecule has 96 valence electrons. The summed E-state index contributed by atoms with van der Waals surface area (Å²) < 4.78 is 1.92. The average Bonchev–Trinajstić information content (AvgIpc) is 2.57. The third-order valence-electron chi connectivity index (χ3n) is 2.24. The summed E-state index contributed by atoms with van der Waals surface area (Å²) in [6.45, 7) is 9.26. The Bertz CT molecular complexity index is 386. The van der Waals surface area contributed by atoms with E-state index in [1.54, 1.807) is 0 Å². The molecule has 4 nitrogen and oxygen atoms in total. The van der Waals surface area contributed by atoms with E-state index in [0.717, 1.165) is 17.3 Å². The van der Waals surface area contributed by atoms with E-state index in [0.29, 0.717) is 11.8 Å². The fourth-order valence-corrected chi connectivity index (χ4v) is 2.17. The van der Waals surface area contributed by atoms with Crippen molar-refractivity contribution in [1.29, 1.82) is 0 Å². The molecule has 0 aliphatic carbocycles. The van der Waals surface area contributed by atoms with Crippen molar-refractivity contribution in [2.24, 2.45) is 5.92 Å². The Morgan fingerprint density at radius 2 is 2.12 bits per heavy atom. The van der Waals surface area contributed by atoms with Crippen LogP contribution in [-0.2, 0) is 11.3 Å². The van der Waals surface area contributed by atoms with Crippen molar-refractivity contribution in [2.75, 3.05) is 5.75 Å². The zero-order valence-corrected chi connectivity index (χ0v) is 11.6. The second-order valence-corrected chi connectivity index (χ2v) is 5.82. The quantitative estimate of drug-likeness (QED) is 0.795. The van der Waals surface area contributed by atoms with Gasteiger partial charge in [0.15, 0.2) is 0 Å². The Hall–Kier alpha value is -0.970. The maximum absolute atomic E-state index is 10.6. The summed E-state index contributed by atoms with van der Waals surface area (Å²) in [5, 5.41) is 14.2. The molecule has 0 aromatic carbocycles. The molecule has 5 heteroatoms. The maximum atomic E-state index is 10.6. The van der Waals surface area contributed by atoms with E-state index in [1.165, 1.54) is 11.8 Å². The molecular formula is C12H20N2O2S. The average molecular weight is 256 g/mol. The van der Waals surface area contributed by atoms with Crippen LogP contribution in [0.3, 0.4) is 0 Å². The van der Waals surface area contributed by atoms with E-state index < -0.39 is 5.97 Å². The highest BCUT2D eigenvalue weighted by atomic mass is 32.2. The molecule has 0 spiro atoms. The van der Waals surface area contributed by atoms with Gasteiger partial charge >= 0.3 is 5.97 Å². The number of carboxylic acid groups (broad SMARTS) is 1. The summed E-state index contributed by atoms with van der Waals surface area (Å²) in [5.41, 5.74) is 1.03. The predicted octanol–water partition coefficient (Wildman–Crippen LogP) is 2.84. The summed E-state index contributed by atoms with van der Waals surface area (Å²) in [7, 11) is 0. The number of rotatable bonds is 6. The lowest BCUT2D eigenvalue weighted by Crippen LogP contribution is -2.09. The minimum absolute atomic E-state index is 0.0846. The van der Waals surface area contributed by atoms with Crippen LogP contribution in [0.1, 0.15) is 39.3 Å². The number of carbonyl (C=O) groups is 1. The molecule has 0 aliphatic rings. The molecule has 0 aliphatic heterocycles. The van der Waals surface area contributed by atoms with Crippen molar-refractivity contribution < 1.29 is 9.90 Å². The number of hydrogen-bond acceptors (Lipinski definition) is 3. The molecule has 1 heterocycles. The smallest absolute Gasteiger partial charge is 0.313 e. The zero-order valence-electron chi connectivity index (χ0n) is 10.8. The fourth-order valence-electron chi connectivity index (χ4n) is 1.43. The van der Waals surface area contributed by atoms with Crippen molar-refractivity contribution in [3.63, 3.8) is 0 Å². The van der Waals surface area contributed by atoms with Gasteiger partial charge in [-0.3, -0.25) is 9.48 Å². The molecular weight excluding hydrogens is 236 g/mol. The molecule has 0 radical (unpaired) electrons. The van der Waals surface area contributed by atoms with Crippen molar-refractivity contribution in [1.82, 2.24) is 9.78 Å². The Kier molecular flexibility index (Phi) is 5.05. The number of thioether (sulfide) groups is 1. The van der Waals surface area contributed by atoms with Crippen molar-refractivity contribution in [3.05, 3.63) is 11.8 Å². The monoisotopic (exact) mass is 256 g/mol. The van der Waals surface area contributed by atoms with Crippen LogP contribution in [-0.4, -0.2) is 26.6 Å². The van der Waals surface area contributed by atoms with E-state index >= 15 is 0 Å². The SMILES string of the molecule is CC(C)Cn1nc(C(C)C)cc1SCC(=O)O. The zero-order chi connectivity index (χ0) is 13.0. The van der Waals surface area contributed by atoms with Gasteiger partial charge in [0.25, 0.3) is 0 Å². The van der Waals surface area contributed by atoms with E-state index in [9.17, 15) is 4.79 Å². The van der Waals surface area contributed by atoms with E-state index in [-0.39, 0.29) is 5.75 Å². The van der Waals surface area contributed by atoms with Crippen LogP contribution in [0.25, 0.3) is 0 Å². The lowest BCUT2D eigenvalue weighted by molar-refractivity contribution is -0.133. The Balaban J connectivity index is 2.86. The van der Waals surface area contributed by atoms with Gasteiger partial charge in [-0.25, -0.2) is 0 Å². The van der Waals surface area contributed by atoms with Crippen LogP contribution in [0.15, 0.2) is 11.1 Å². The summed E-state index contributed by atoms with van der Waals surface area (Å²) in [6.07, 6.45) is 0. The van der Waals surface area contributed by atoms with Crippen LogP contribution in [0.2, 0.25) is 0 Å². The van der Waals surface area contributed by atoms with Gasteiger partial charge in [0.2, 0.25) is 0 Å². The van der Waals surface area contributed by atoms with Gasteiger partial charge < -0.3 is 5.11 Å². The van der Waals surface area contributed by atoms with Crippen molar-refractivity contribution >= 4 is 17.7 Å². The van der Waals surface area contributed by atoms with Crippen molar-refractivity contribution in [2.45, 2.75) is 45.2 Å². The molecule has 0 amide bonds. The predicted molar refractivity (Wildman–Crippen MR) is 69.5 cm³/mol. The Labute approximate surface area is 106 Å². The van der Waals surface area contributed by atoms with Gasteiger partial charge in [0.1, 0.15) is 0 Å². The molecule has 17 heavy (non-hydrogen) atoms. The summed E-state index contributed by atoms with van der Waals surface area (Å²) >= 11 is 1.34. The lowest BCUT2D eigenvalue weighted by atomic mass is 10.1. The minimum Gasteiger partial charge on any atom is -0.481 e. The van der Waals surface area contributed by atoms with E-state index in [1.807, 2.05) is 10.7 Å². The first kappa shape index (κ1) is 14.1. The van der Waals surface area contributed by atoms with Gasteiger partial charge in [-0.2, -0.15) is 5.10 Å². The van der Waals surface area contributed by atoms with Gasteiger partial charge in [-0.1, -0.05) is 39.5 Å². The van der Waals surface area contributed by atoms with Gasteiger partial charge in [0, 0.05) is 6.54 Å². The maximum Gasteiger partial charge on any atom is 0.313 e.